The van der Waals surface area contributed by atoms with E-state index in [-0.39, 0.29) is 6.17 Å². The lowest BCUT2D eigenvalue weighted by Gasteiger charge is -2.43. The highest BCUT2D eigenvalue weighted by molar-refractivity contribution is 6.17. The fourth-order valence-corrected chi connectivity index (χ4v) is 10.4. The first-order valence-electron chi connectivity index (χ1n) is 17.1. The van der Waals surface area contributed by atoms with Crippen LogP contribution in [0.3, 0.4) is 0 Å². The van der Waals surface area contributed by atoms with Crippen LogP contribution in [0.1, 0.15) is 11.1 Å². The Morgan fingerprint density at radius 1 is 0.510 bits per heavy atom. The summed E-state index contributed by atoms with van der Waals surface area (Å²) in [5, 5.41) is 5.21. The minimum Gasteiger partial charge on any atom is -0.348 e. The number of hydrogen-bond acceptors (Lipinski definition) is 2. The number of benzene rings is 6. The van der Waals surface area contributed by atoms with Gasteiger partial charge < -0.3 is 14.4 Å². The molecule has 1 spiro atoms. The van der Waals surface area contributed by atoms with Crippen molar-refractivity contribution in [1.29, 1.82) is 0 Å². The smallest absolute Gasteiger partial charge is 0.288 e. The number of nitrogens with zero attached hydrogens (tertiary/aromatic N) is 5. The predicted octanol–water partition coefficient (Wildman–Crippen LogP) is 9.18. The maximum Gasteiger partial charge on any atom is 0.288 e. The molecule has 4 aliphatic rings. The van der Waals surface area contributed by atoms with Crippen LogP contribution in [-0.2, 0) is 5.54 Å². The Balaban J connectivity index is 1.26. The van der Waals surface area contributed by atoms with Crippen molar-refractivity contribution in [3.05, 3.63) is 157 Å². The molecule has 3 aromatic heterocycles. The summed E-state index contributed by atoms with van der Waals surface area (Å²) in [5.41, 5.74) is 14.9. The number of hydrogen-bond donors (Lipinski definition) is 0. The molecule has 49 heavy (non-hydrogen) atoms. The summed E-state index contributed by atoms with van der Waals surface area (Å²) in [4.78, 5) is 5.22. The predicted molar refractivity (Wildman–Crippen MR) is 198 cm³/mol. The normalized spacial score (nSPS) is 18.9. The van der Waals surface area contributed by atoms with Crippen LogP contribution in [0.2, 0.25) is 0 Å². The summed E-state index contributed by atoms with van der Waals surface area (Å²) in [6, 6.07) is 52.0. The molecule has 0 bridgehead atoms. The van der Waals surface area contributed by atoms with Crippen molar-refractivity contribution in [2.75, 3.05) is 16.8 Å². The van der Waals surface area contributed by atoms with Crippen molar-refractivity contribution in [1.82, 2.24) is 9.13 Å². The van der Waals surface area contributed by atoms with Crippen LogP contribution in [0.5, 0.6) is 0 Å². The lowest BCUT2D eigenvalue weighted by molar-refractivity contribution is -0.740. The van der Waals surface area contributed by atoms with E-state index in [9.17, 15) is 0 Å². The van der Waals surface area contributed by atoms with E-state index in [1.807, 2.05) is 0 Å². The van der Waals surface area contributed by atoms with Gasteiger partial charge in [-0.2, -0.15) is 4.57 Å². The zero-order chi connectivity index (χ0) is 31.7. The lowest BCUT2D eigenvalue weighted by atomic mass is 9.75. The molecule has 0 radical (unpaired) electrons. The fraction of sp³-hybridized carbons (Fsp3) is 0.0682. The second-order valence-corrected chi connectivity index (χ2v) is 14.0. The summed E-state index contributed by atoms with van der Waals surface area (Å²) in [7, 11) is 2.31. The number of likely N-dealkylation sites (N-methyl/N-ethyl adjacent to an activating group) is 1. The fourth-order valence-electron chi connectivity index (χ4n) is 10.4. The van der Waals surface area contributed by atoms with Gasteiger partial charge in [-0.3, -0.25) is 0 Å². The molecule has 9 aromatic rings. The zero-order valence-corrected chi connectivity index (χ0v) is 26.7. The molecule has 0 fully saturated rings. The van der Waals surface area contributed by atoms with Crippen LogP contribution in [0.4, 0.5) is 17.1 Å². The molecule has 0 N–H and O–H groups in total. The highest BCUT2D eigenvalue weighted by Gasteiger charge is 2.68. The van der Waals surface area contributed by atoms with E-state index < -0.39 is 5.54 Å². The van der Waals surface area contributed by atoms with Crippen molar-refractivity contribution < 1.29 is 4.57 Å². The van der Waals surface area contributed by atoms with Crippen molar-refractivity contribution in [2.45, 2.75) is 11.7 Å². The number of anilines is 3. The molecule has 13 rings (SSSR count). The van der Waals surface area contributed by atoms with Gasteiger partial charge in [0.05, 0.1) is 51.1 Å². The van der Waals surface area contributed by atoms with Gasteiger partial charge in [-0.25, -0.2) is 4.57 Å². The standard InChI is InChI=1S/C44H28N5/c1-45-37-25-27(26-11-3-2-4-12-26)18-21-34(37)48-36-23-20-30-28-13-5-7-15-32(28)47-35-22-19-31-29-14-6-8-16-33(29)49-38-17-9-10-24-46(38)44(43(45)48,39(35)42(31)49)40(36)41(30)47/h2-25,43H,1H3/q+1. The van der Waals surface area contributed by atoms with Crippen molar-refractivity contribution in [3.63, 3.8) is 0 Å². The molecule has 6 aromatic carbocycles. The van der Waals surface area contributed by atoms with Gasteiger partial charge in [-0.15, -0.1) is 0 Å². The Morgan fingerprint density at radius 3 is 1.94 bits per heavy atom. The highest BCUT2D eigenvalue weighted by Crippen LogP contribution is 2.64. The second kappa shape index (κ2) is 8.03. The summed E-state index contributed by atoms with van der Waals surface area (Å²) < 4.78 is 7.73. The number of aromatic nitrogens is 3. The maximum absolute atomic E-state index is 2.65. The molecule has 0 amide bonds. The molecule has 0 saturated carbocycles. The van der Waals surface area contributed by atoms with Crippen LogP contribution in [0.15, 0.2) is 146 Å². The Hall–Kier alpha value is -6.33. The second-order valence-electron chi connectivity index (χ2n) is 14.0. The molecule has 0 aliphatic carbocycles. The third-order valence-corrected chi connectivity index (χ3v) is 12.0. The van der Waals surface area contributed by atoms with Crippen LogP contribution in [-0.4, -0.2) is 22.3 Å². The topological polar surface area (TPSA) is 20.2 Å². The molecular formula is C44H28N5+. The van der Waals surface area contributed by atoms with Gasteiger partial charge >= 0.3 is 0 Å². The van der Waals surface area contributed by atoms with Crippen LogP contribution in [0, 0.1) is 0 Å². The van der Waals surface area contributed by atoms with Gasteiger partial charge in [-0.05, 0) is 65.7 Å². The first kappa shape index (κ1) is 24.8. The maximum atomic E-state index is 2.65. The molecule has 0 saturated heterocycles. The minimum absolute atomic E-state index is 0.0249. The van der Waals surface area contributed by atoms with Gasteiger partial charge in [0.25, 0.3) is 5.82 Å². The molecule has 228 valence electrons. The monoisotopic (exact) mass is 626 g/mol. The third kappa shape index (κ3) is 2.51. The Bertz CT molecular complexity index is 2990. The highest BCUT2D eigenvalue weighted by atomic mass is 15.5. The molecule has 2 unspecified atom stereocenters. The van der Waals surface area contributed by atoms with Gasteiger partial charge in [0, 0.05) is 34.7 Å². The van der Waals surface area contributed by atoms with Crippen LogP contribution < -0.4 is 14.4 Å². The van der Waals surface area contributed by atoms with Gasteiger partial charge in [0.1, 0.15) is 5.52 Å². The van der Waals surface area contributed by atoms with Gasteiger partial charge in [-0.1, -0.05) is 78.9 Å². The summed E-state index contributed by atoms with van der Waals surface area (Å²) in [6.07, 6.45) is 2.31. The van der Waals surface area contributed by atoms with E-state index in [2.05, 4.69) is 176 Å². The summed E-state index contributed by atoms with van der Waals surface area (Å²) in [6.45, 7) is 0. The number of pyridine rings is 1. The Morgan fingerprint density at radius 2 is 1.14 bits per heavy atom. The van der Waals surface area contributed by atoms with E-state index in [1.54, 1.807) is 0 Å². The van der Waals surface area contributed by atoms with E-state index >= 15 is 0 Å². The van der Waals surface area contributed by atoms with Crippen molar-refractivity contribution >= 4 is 60.7 Å². The largest absolute Gasteiger partial charge is 0.348 e. The third-order valence-electron chi connectivity index (χ3n) is 12.0. The first-order valence-corrected chi connectivity index (χ1v) is 17.1. The average molecular weight is 627 g/mol. The lowest BCUT2D eigenvalue weighted by Crippen LogP contribution is -2.70. The molecule has 7 heterocycles. The van der Waals surface area contributed by atoms with Crippen LogP contribution in [0.25, 0.3) is 66.2 Å². The Kier molecular flexibility index (Phi) is 4.06. The first-order chi connectivity index (χ1) is 24.3. The van der Waals surface area contributed by atoms with E-state index in [0.29, 0.717) is 0 Å². The average Bonchev–Trinajstić information content (AvgIpc) is 3.86. The van der Waals surface area contributed by atoms with Crippen molar-refractivity contribution in [3.8, 4) is 22.6 Å². The summed E-state index contributed by atoms with van der Waals surface area (Å²) in [5.74, 6) is 1.20. The van der Waals surface area contributed by atoms with E-state index in [4.69, 9.17) is 0 Å². The quantitative estimate of drug-likeness (QED) is 0.169. The van der Waals surface area contributed by atoms with E-state index in [1.165, 1.54) is 94.4 Å². The summed E-state index contributed by atoms with van der Waals surface area (Å²) >= 11 is 0. The Labute approximate surface area is 281 Å². The van der Waals surface area contributed by atoms with Gasteiger partial charge in [0.2, 0.25) is 5.54 Å². The van der Waals surface area contributed by atoms with Crippen molar-refractivity contribution in [2.24, 2.45) is 0 Å². The van der Waals surface area contributed by atoms with E-state index in [0.717, 1.165) is 0 Å². The number of fused-ring (bicyclic) bond motifs is 13. The molecular weight excluding hydrogens is 599 g/mol. The molecule has 4 aliphatic heterocycles. The number of rotatable bonds is 1. The zero-order valence-electron chi connectivity index (χ0n) is 26.7. The SMILES string of the molecule is CN1c2cc(-c3ccccc3)ccc2N2c3ccc4c5ccccc5n5c4c3C3(c4c-5ccc5c6ccccc6n(c45)-c4cccc[n+]43)C12. The number of para-hydroxylation sites is 2. The minimum atomic E-state index is -0.532. The molecule has 5 heteroatoms. The molecule has 2 atom stereocenters. The molecule has 5 nitrogen and oxygen atoms in total. The van der Waals surface area contributed by atoms with Gasteiger partial charge in [0.15, 0.2) is 11.7 Å². The van der Waals surface area contributed by atoms with Crippen LogP contribution >= 0.6 is 0 Å².